The Morgan fingerprint density at radius 3 is 2.88 bits per heavy atom. The third-order valence-corrected chi connectivity index (χ3v) is 5.84. The lowest BCUT2D eigenvalue weighted by atomic mass is 9.99. The maximum absolute atomic E-state index is 13.5. The van der Waals surface area contributed by atoms with Crippen LogP contribution in [-0.4, -0.2) is 47.1 Å². The minimum Gasteiger partial charge on any atom is -0.417 e. The van der Waals surface area contributed by atoms with Crippen molar-refractivity contribution in [3.8, 4) is 0 Å². The summed E-state index contributed by atoms with van der Waals surface area (Å²) in [7, 11) is 0. The van der Waals surface area contributed by atoms with Crippen LogP contribution in [0.1, 0.15) is 64.0 Å². The van der Waals surface area contributed by atoms with Gasteiger partial charge in [0.05, 0.1) is 28.8 Å². The Kier molecular flexibility index (Phi) is 3.95. The number of aromatic amines is 1. The molecule has 164 valence electrons. The first-order chi connectivity index (χ1) is 15.4. The van der Waals surface area contributed by atoms with Gasteiger partial charge in [0.2, 0.25) is 5.89 Å². The molecule has 0 aromatic carbocycles. The lowest BCUT2D eigenvalue weighted by Crippen LogP contribution is -2.41. The number of alkyl halides is 3. The normalized spacial score (nSPS) is 18.8. The third-order valence-electron chi connectivity index (χ3n) is 5.84. The topological polar surface area (TPSA) is 105 Å². The average molecular weight is 443 g/mol. The van der Waals surface area contributed by atoms with Crippen molar-refractivity contribution in [3.63, 3.8) is 0 Å². The van der Waals surface area contributed by atoms with Gasteiger partial charge in [-0.05, 0) is 31.0 Å². The number of amides is 1. The maximum atomic E-state index is 13.5. The van der Waals surface area contributed by atoms with E-state index in [1.54, 1.807) is 0 Å². The fourth-order valence-corrected chi connectivity index (χ4v) is 4.14. The highest BCUT2D eigenvalue weighted by Gasteiger charge is 2.40. The molecule has 1 N–H and O–H groups in total. The SMILES string of the molecule is O=C(c1nnc(C2CC2)o1)N1CCc2[nH]cnc2[C@@H]1c1cc2c(C(F)(F)F)cccn2n1. The summed E-state index contributed by atoms with van der Waals surface area (Å²) in [5.41, 5.74) is 0.699. The van der Waals surface area contributed by atoms with E-state index in [2.05, 4.69) is 25.3 Å². The fourth-order valence-electron chi connectivity index (χ4n) is 4.14. The number of H-pyrrole nitrogens is 1. The largest absolute Gasteiger partial charge is 0.418 e. The van der Waals surface area contributed by atoms with Crippen molar-refractivity contribution >= 4 is 11.4 Å². The number of nitrogens with one attached hydrogen (secondary N) is 1. The molecule has 2 aliphatic rings. The Labute approximate surface area is 178 Å². The maximum Gasteiger partial charge on any atom is 0.418 e. The molecule has 1 saturated carbocycles. The van der Waals surface area contributed by atoms with Crippen LogP contribution in [0.2, 0.25) is 0 Å². The number of pyridine rings is 1. The summed E-state index contributed by atoms with van der Waals surface area (Å²) >= 11 is 0. The van der Waals surface area contributed by atoms with Crippen molar-refractivity contribution in [1.29, 1.82) is 0 Å². The van der Waals surface area contributed by atoms with E-state index in [0.717, 1.165) is 24.6 Å². The van der Waals surface area contributed by atoms with Gasteiger partial charge >= 0.3 is 18.0 Å². The number of hydrogen-bond acceptors (Lipinski definition) is 6. The van der Waals surface area contributed by atoms with Gasteiger partial charge < -0.3 is 14.3 Å². The molecule has 6 rings (SSSR count). The molecule has 5 heterocycles. The number of fused-ring (bicyclic) bond motifs is 2. The van der Waals surface area contributed by atoms with E-state index in [-0.39, 0.29) is 23.0 Å². The van der Waals surface area contributed by atoms with Crippen molar-refractivity contribution in [2.45, 2.75) is 37.4 Å². The van der Waals surface area contributed by atoms with Gasteiger partial charge in [-0.15, -0.1) is 10.2 Å². The lowest BCUT2D eigenvalue weighted by molar-refractivity contribution is -0.136. The van der Waals surface area contributed by atoms with Crippen molar-refractivity contribution < 1.29 is 22.4 Å². The minimum atomic E-state index is -4.54. The van der Waals surface area contributed by atoms with E-state index in [1.165, 1.54) is 34.1 Å². The molecule has 9 nitrogen and oxygen atoms in total. The molecule has 32 heavy (non-hydrogen) atoms. The molecule has 4 aromatic rings. The Bertz CT molecular complexity index is 1330. The van der Waals surface area contributed by atoms with E-state index in [1.807, 2.05) is 0 Å². The molecule has 1 amide bonds. The molecule has 4 aromatic heterocycles. The zero-order valence-electron chi connectivity index (χ0n) is 16.5. The van der Waals surface area contributed by atoms with Gasteiger partial charge in [-0.2, -0.15) is 18.3 Å². The molecule has 1 aliphatic heterocycles. The van der Waals surface area contributed by atoms with Crippen LogP contribution in [0.25, 0.3) is 5.52 Å². The lowest BCUT2D eigenvalue weighted by Gasteiger charge is -2.32. The van der Waals surface area contributed by atoms with Crippen molar-refractivity contribution in [2.24, 2.45) is 0 Å². The van der Waals surface area contributed by atoms with E-state index >= 15 is 0 Å². The van der Waals surface area contributed by atoms with Crippen LogP contribution in [-0.2, 0) is 12.6 Å². The molecule has 0 radical (unpaired) electrons. The van der Waals surface area contributed by atoms with E-state index in [0.29, 0.717) is 24.6 Å². The first kappa shape index (κ1) is 19.0. The average Bonchev–Trinajstić information content (AvgIpc) is 3.18. The van der Waals surface area contributed by atoms with Gasteiger partial charge in [0.1, 0.15) is 6.04 Å². The molecule has 0 bridgehead atoms. The number of imidazole rings is 1. The van der Waals surface area contributed by atoms with Crippen LogP contribution < -0.4 is 0 Å². The van der Waals surface area contributed by atoms with Crippen LogP contribution >= 0.6 is 0 Å². The molecular weight excluding hydrogens is 427 g/mol. The van der Waals surface area contributed by atoms with Gasteiger partial charge in [0, 0.05) is 30.8 Å². The number of carbonyl (C=O) groups is 1. The summed E-state index contributed by atoms with van der Waals surface area (Å²) in [6.45, 7) is 0.292. The zero-order chi connectivity index (χ0) is 22.0. The smallest absolute Gasteiger partial charge is 0.417 e. The van der Waals surface area contributed by atoms with Gasteiger partial charge in [-0.1, -0.05) is 0 Å². The van der Waals surface area contributed by atoms with Gasteiger partial charge in [0.15, 0.2) is 0 Å². The van der Waals surface area contributed by atoms with Crippen molar-refractivity contribution in [3.05, 3.63) is 65.1 Å². The van der Waals surface area contributed by atoms with Crippen LogP contribution in [0.3, 0.4) is 0 Å². The molecule has 1 fully saturated rings. The molecule has 0 saturated heterocycles. The fraction of sp³-hybridized carbons (Fsp3) is 0.350. The Morgan fingerprint density at radius 1 is 1.25 bits per heavy atom. The summed E-state index contributed by atoms with van der Waals surface area (Å²) in [6, 6.07) is 2.84. The van der Waals surface area contributed by atoms with Gasteiger partial charge in [0.25, 0.3) is 0 Å². The molecule has 1 aliphatic carbocycles. The second-order valence-electron chi connectivity index (χ2n) is 7.96. The van der Waals surface area contributed by atoms with Crippen LogP contribution in [0.15, 0.2) is 35.1 Å². The number of nitrogens with zero attached hydrogens (tertiary/aromatic N) is 6. The highest BCUT2D eigenvalue weighted by molar-refractivity contribution is 5.90. The van der Waals surface area contributed by atoms with Gasteiger partial charge in [-0.25, -0.2) is 9.50 Å². The quantitative estimate of drug-likeness (QED) is 0.522. The van der Waals surface area contributed by atoms with E-state index < -0.39 is 23.7 Å². The molecule has 12 heteroatoms. The third kappa shape index (κ3) is 2.97. The Balaban J connectivity index is 1.45. The second-order valence-corrected chi connectivity index (χ2v) is 7.96. The first-order valence-electron chi connectivity index (χ1n) is 10.1. The Hall–Kier alpha value is -3.70. The standard InChI is InChI=1S/C20H16F3N7O2/c21-20(22,23)11-2-1-6-30-14(11)8-13(28-30)16-15-12(24-9-25-15)5-7-29(16)19(31)18-27-26-17(32-18)10-3-4-10/h1-2,6,8-10,16H,3-5,7H2,(H,24,25)/t16-/m0/s1. The number of rotatable bonds is 3. The van der Waals surface area contributed by atoms with E-state index in [9.17, 15) is 18.0 Å². The number of aromatic nitrogens is 6. The predicted molar refractivity (Wildman–Crippen MR) is 102 cm³/mol. The molecule has 0 spiro atoms. The monoisotopic (exact) mass is 443 g/mol. The number of halogens is 3. The molecule has 0 unspecified atom stereocenters. The van der Waals surface area contributed by atoms with Crippen LogP contribution in [0.4, 0.5) is 13.2 Å². The number of carbonyl (C=O) groups excluding carboxylic acids is 1. The number of hydrogen-bond donors (Lipinski definition) is 1. The molecular formula is C20H16F3N7O2. The Morgan fingerprint density at radius 2 is 2.09 bits per heavy atom. The summed E-state index contributed by atoms with van der Waals surface area (Å²) in [5.74, 6) is -0.0185. The summed E-state index contributed by atoms with van der Waals surface area (Å²) in [4.78, 5) is 22.1. The summed E-state index contributed by atoms with van der Waals surface area (Å²) < 4.78 is 47.3. The van der Waals surface area contributed by atoms with Crippen LogP contribution in [0, 0.1) is 0 Å². The summed E-state index contributed by atoms with van der Waals surface area (Å²) in [5, 5.41) is 12.2. The second kappa shape index (κ2) is 6.65. The summed E-state index contributed by atoms with van der Waals surface area (Å²) in [6.07, 6.45) is 0.794. The minimum absolute atomic E-state index is 0.0983. The molecule has 1 atom stereocenters. The van der Waals surface area contributed by atoms with E-state index in [4.69, 9.17) is 4.42 Å². The van der Waals surface area contributed by atoms with Gasteiger partial charge in [-0.3, -0.25) is 4.79 Å². The predicted octanol–water partition coefficient (Wildman–Crippen LogP) is 3.12. The van der Waals surface area contributed by atoms with Crippen LogP contribution in [0.5, 0.6) is 0 Å². The zero-order valence-corrected chi connectivity index (χ0v) is 16.5. The van der Waals surface area contributed by atoms with Crippen molar-refractivity contribution in [1.82, 2.24) is 34.7 Å². The van der Waals surface area contributed by atoms with Crippen molar-refractivity contribution in [2.75, 3.05) is 6.54 Å². The highest BCUT2D eigenvalue weighted by Crippen LogP contribution is 2.40. The first-order valence-corrected chi connectivity index (χ1v) is 10.1. The highest BCUT2D eigenvalue weighted by atomic mass is 19.4.